The first-order valence-corrected chi connectivity index (χ1v) is 7.09. The third kappa shape index (κ3) is 4.95. The molecule has 2 heterocycles. The highest BCUT2D eigenvalue weighted by atomic mass is 79.9. The van der Waals surface area contributed by atoms with Crippen LogP contribution < -0.4 is 10.6 Å². The van der Waals surface area contributed by atoms with Crippen LogP contribution in [0.15, 0.2) is 15.9 Å². The van der Waals surface area contributed by atoms with E-state index in [0.717, 1.165) is 21.8 Å². The summed E-state index contributed by atoms with van der Waals surface area (Å²) in [4.78, 5) is 12.7. The average Bonchev–Trinajstić information content (AvgIpc) is 2.87. The molecular formula is C11H16BrClN2OS. The lowest BCUT2D eigenvalue weighted by Crippen LogP contribution is -2.37. The maximum Gasteiger partial charge on any atom is 0.225 e. The van der Waals surface area contributed by atoms with Crippen LogP contribution in [0.25, 0.3) is 0 Å². The Bertz CT molecular complexity index is 366. The molecule has 2 N–H and O–H groups in total. The molecule has 1 aromatic heterocycles. The Morgan fingerprint density at radius 2 is 2.41 bits per heavy atom. The molecule has 1 aliphatic heterocycles. The summed E-state index contributed by atoms with van der Waals surface area (Å²) < 4.78 is 1.08. The lowest BCUT2D eigenvalue weighted by molar-refractivity contribution is -0.120. The van der Waals surface area contributed by atoms with Crippen molar-refractivity contribution in [3.8, 4) is 0 Å². The van der Waals surface area contributed by atoms with Gasteiger partial charge in [-0.3, -0.25) is 4.79 Å². The van der Waals surface area contributed by atoms with Crippen LogP contribution >= 0.6 is 39.7 Å². The molecule has 1 fully saturated rings. The van der Waals surface area contributed by atoms with Crippen molar-refractivity contribution in [2.24, 2.45) is 0 Å². The maximum absolute atomic E-state index is 11.6. The highest BCUT2D eigenvalue weighted by Gasteiger charge is 2.14. The normalized spacial score (nSPS) is 18.8. The quantitative estimate of drug-likeness (QED) is 0.884. The predicted molar refractivity (Wildman–Crippen MR) is 77.0 cm³/mol. The second-order valence-corrected chi connectivity index (χ2v) is 6.53. The monoisotopic (exact) mass is 338 g/mol. The third-order valence-electron chi connectivity index (χ3n) is 2.67. The molecule has 0 saturated carbocycles. The van der Waals surface area contributed by atoms with E-state index in [1.165, 1.54) is 12.8 Å². The van der Waals surface area contributed by atoms with E-state index in [1.807, 2.05) is 12.1 Å². The molecule has 0 aliphatic carbocycles. The van der Waals surface area contributed by atoms with Gasteiger partial charge in [0.1, 0.15) is 0 Å². The molecule has 17 heavy (non-hydrogen) atoms. The van der Waals surface area contributed by atoms with E-state index in [9.17, 15) is 4.79 Å². The number of amides is 1. The number of halogens is 2. The molecule has 0 bridgehead atoms. The Kier molecular flexibility index (Phi) is 6.48. The highest BCUT2D eigenvalue weighted by molar-refractivity contribution is 9.11. The van der Waals surface area contributed by atoms with Gasteiger partial charge in [0.25, 0.3) is 0 Å². The number of carbonyl (C=O) groups is 1. The Balaban J connectivity index is 0.00000144. The van der Waals surface area contributed by atoms with Gasteiger partial charge in [-0.2, -0.15) is 0 Å². The van der Waals surface area contributed by atoms with Crippen LogP contribution in [0, 0.1) is 0 Å². The molecule has 1 aromatic rings. The van der Waals surface area contributed by atoms with Crippen molar-refractivity contribution < 1.29 is 4.79 Å². The summed E-state index contributed by atoms with van der Waals surface area (Å²) in [5, 5.41) is 6.33. The van der Waals surface area contributed by atoms with E-state index in [-0.39, 0.29) is 18.3 Å². The van der Waals surface area contributed by atoms with Crippen LogP contribution in [-0.2, 0) is 11.2 Å². The number of carbonyl (C=O) groups excluding carboxylic acids is 1. The first kappa shape index (κ1) is 15.0. The van der Waals surface area contributed by atoms with Gasteiger partial charge in [0.15, 0.2) is 0 Å². The van der Waals surface area contributed by atoms with Gasteiger partial charge in [-0.1, -0.05) is 0 Å². The van der Waals surface area contributed by atoms with E-state index in [4.69, 9.17) is 0 Å². The van der Waals surface area contributed by atoms with Crippen LogP contribution in [-0.4, -0.2) is 25.0 Å². The SMILES string of the molecule is Cl.O=C(Cc1ccc(Br)s1)NCC1CCCN1. The van der Waals surface area contributed by atoms with Gasteiger partial charge < -0.3 is 10.6 Å². The molecule has 0 radical (unpaired) electrons. The third-order valence-corrected chi connectivity index (χ3v) is 4.30. The Labute approximate surface area is 120 Å². The summed E-state index contributed by atoms with van der Waals surface area (Å²) in [6.07, 6.45) is 2.88. The molecule has 96 valence electrons. The molecule has 0 spiro atoms. The topological polar surface area (TPSA) is 41.1 Å². The van der Waals surface area contributed by atoms with Gasteiger partial charge in [-0.25, -0.2) is 0 Å². The molecule has 1 unspecified atom stereocenters. The molecule has 1 aliphatic rings. The van der Waals surface area contributed by atoms with E-state index in [1.54, 1.807) is 11.3 Å². The van der Waals surface area contributed by atoms with Crippen molar-refractivity contribution in [3.05, 3.63) is 20.8 Å². The van der Waals surface area contributed by atoms with Crippen LogP contribution in [0.4, 0.5) is 0 Å². The molecule has 1 saturated heterocycles. The largest absolute Gasteiger partial charge is 0.354 e. The number of thiophene rings is 1. The van der Waals surface area contributed by atoms with Crippen LogP contribution in [0.3, 0.4) is 0 Å². The molecule has 1 atom stereocenters. The molecule has 2 rings (SSSR count). The number of hydrogen-bond donors (Lipinski definition) is 2. The summed E-state index contributed by atoms with van der Waals surface area (Å²) in [5.74, 6) is 0.114. The zero-order chi connectivity index (χ0) is 11.4. The van der Waals surface area contributed by atoms with Gasteiger partial charge in [0, 0.05) is 17.5 Å². The minimum absolute atomic E-state index is 0. The zero-order valence-corrected chi connectivity index (χ0v) is 12.6. The number of hydrogen-bond acceptors (Lipinski definition) is 3. The summed E-state index contributed by atoms with van der Waals surface area (Å²) in [5.41, 5.74) is 0. The minimum Gasteiger partial charge on any atom is -0.354 e. The lowest BCUT2D eigenvalue weighted by Gasteiger charge is -2.10. The van der Waals surface area contributed by atoms with Crippen LogP contribution in [0.1, 0.15) is 17.7 Å². The van der Waals surface area contributed by atoms with E-state index in [0.29, 0.717) is 12.5 Å². The fourth-order valence-corrected chi connectivity index (χ4v) is 3.32. The second kappa shape index (κ2) is 7.36. The van der Waals surface area contributed by atoms with Crippen molar-refractivity contribution in [1.29, 1.82) is 0 Å². The van der Waals surface area contributed by atoms with Crippen molar-refractivity contribution in [3.63, 3.8) is 0 Å². The lowest BCUT2D eigenvalue weighted by atomic mass is 10.2. The number of rotatable bonds is 4. The first-order chi connectivity index (χ1) is 7.74. The Hall–Kier alpha value is -0.100. The van der Waals surface area contributed by atoms with Gasteiger partial charge in [-0.05, 0) is 47.4 Å². The number of nitrogens with one attached hydrogen (secondary N) is 2. The van der Waals surface area contributed by atoms with Crippen molar-refractivity contribution >= 4 is 45.6 Å². The van der Waals surface area contributed by atoms with Crippen LogP contribution in [0.5, 0.6) is 0 Å². The Morgan fingerprint density at radius 3 is 3.00 bits per heavy atom. The minimum atomic E-state index is 0. The molecular weight excluding hydrogens is 324 g/mol. The Morgan fingerprint density at radius 1 is 1.59 bits per heavy atom. The highest BCUT2D eigenvalue weighted by Crippen LogP contribution is 2.22. The van der Waals surface area contributed by atoms with Gasteiger partial charge in [0.2, 0.25) is 5.91 Å². The molecule has 6 heteroatoms. The van der Waals surface area contributed by atoms with Gasteiger partial charge in [0.05, 0.1) is 10.2 Å². The fourth-order valence-electron chi connectivity index (χ4n) is 1.84. The summed E-state index contributed by atoms with van der Waals surface area (Å²) in [7, 11) is 0. The standard InChI is InChI=1S/C11H15BrN2OS.ClH/c12-10-4-3-9(16-10)6-11(15)14-7-8-2-1-5-13-8;/h3-4,8,13H,1-2,5-7H2,(H,14,15);1H. The fraction of sp³-hybridized carbons (Fsp3) is 0.545. The van der Waals surface area contributed by atoms with E-state index >= 15 is 0 Å². The molecule has 3 nitrogen and oxygen atoms in total. The first-order valence-electron chi connectivity index (χ1n) is 5.48. The van der Waals surface area contributed by atoms with Crippen molar-refractivity contribution in [2.75, 3.05) is 13.1 Å². The smallest absolute Gasteiger partial charge is 0.225 e. The summed E-state index contributed by atoms with van der Waals surface area (Å²) in [6, 6.07) is 4.44. The van der Waals surface area contributed by atoms with Gasteiger partial charge >= 0.3 is 0 Å². The average molecular weight is 340 g/mol. The van der Waals surface area contributed by atoms with E-state index < -0.39 is 0 Å². The summed E-state index contributed by atoms with van der Waals surface area (Å²) >= 11 is 5.01. The summed E-state index contributed by atoms with van der Waals surface area (Å²) in [6.45, 7) is 1.84. The van der Waals surface area contributed by atoms with Crippen molar-refractivity contribution in [1.82, 2.24) is 10.6 Å². The molecule has 1 amide bonds. The van der Waals surface area contributed by atoms with Crippen molar-refractivity contribution in [2.45, 2.75) is 25.3 Å². The van der Waals surface area contributed by atoms with Gasteiger partial charge in [-0.15, -0.1) is 23.7 Å². The van der Waals surface area contributed by atoms with Crippen LogP contribution in [0.2, 0.25) is 0 Å². The maximum atomic E-state index is 11.6. The second-order valence-electron chi connectivity index (χ2n) is 3.98. The predicted octanol–water partition coefficient (Wildman–Crippen LogP) is 2.34. The zero-order valence-electron chi connectivity index (χ0n) is 9.37. The van der Waals surface area contributed by atoms with E-state index in [2.05, 4.69) is 26.6 Å². The molecule has 0 aromatic carbocycles.